The van der Waals surface area contributed by atoms with Crippen LogP contribution in [0.4, 0.5) is 0 Å². The topological polar surface area (TPSA) is 118 Å². The number of hydrogen-bond donors (Lipinski definition) is 2. The molecule has 32 heavy (non-hydrogen) atoms. The Morgan fingerprint density at radius 3 is 2.69 bits per heavy atom. The van der Waals surface area contributed by atoms with Crippen LogP contribution >= 0.6 is 0 Å². The molecule has 1 aliphatic heterocycles. The maximum absolute atomic E-state index is 13.3. The normalized spacial score (nSPS) is 21.6. The third kappa shape index (κ3) is 3.75. The summed E-state index contributed by atoms with van der Waals surface area (Å²) in [5.74, 6) is -1.29. The van der Waals surface area contributed by atoms with Gasteiger partial charge in [-0.05, 0) is 18.2 Å². The van der Waals surface area contributed by atoms with Crippen molar-refractivity contribution in [3.63, 3.8) is 0 Å². The first-order valence-corrected chi connectivity index (χ1v) is 11.4. The average molecular weight is 461 g/mol. The molecule has 0 radical (unpaired) electrons. The van der Waals surface area contributed by atoms with Crippen molar-refractivity contribution in [1.29, 1.82) is 0 Å². The zero-order valence-electron chi connectivity index (χ0n) is 17.7. The van der Waals surface area contributed by atoms with Gasteiger partial charge in [0.2, 0.25) is 5.79 Å². The standard InChI is InChI=1S/C22H24N2O7S/c1-29-15-7-8-19(30-2)20(13-15)32(27,28)23-18-14-21-22(26,17-6-4-3-5-16(17)18)31-12-10-24(21)9-11-25/h3-8,13-14,25-26H,9-12H2,1-2H3/b23-18+. The van der Waals surface area contributed by atoms with Gasteiger partial charge < -0.3 is 29.3 Å². The molecule has 1 atom stereocenters. The van der Waals surface area contributed by atoms with Crippen molar-refractivity contribution in [3.05, 3.63) is 65.4 Å². The summed E-state index contributed by atoms with van der Waals surface area (Å²) in [5.41, 5.74) is 1.27. The van der Waals surface area contributed by atoms with E-state index in [2.05, 4.69) is 4.40 Å². The lowest BCUT2D eigenvalue weighted by atomic mass is 9.86. The largest absolute Gasteiger partial charge is 0.497 e. The van der Waals surface area contributed by atoms with Crippen LogP contribution in [0.5, 0.6) is 11.5 Å². The minimum atomic E-state index is -4.22. The first-order valence-electron chi connectivity index (χ1n) is 9.95. The highest BCUT2D eigenvalue weighted by Gasteiger charge is 2.46. The van der Waals surface area contributed by atoms with Crippen molar-refractivity contribution in [2.24, 2.45) is 4.40 Å². The van der Waals surface area contributed by atoms with E-state index in [1.54, 1.807) is 35.2 Å². The van der Waals surface area contributed by atoms with Crippen LogP contribution in [0.2, 0.25) is 0 Å². The second-order valence-electron chi connectivity index (χ2n) is 7.25. The van der Waals surface area contributed by atoms with Crippen LogP contribution in [0.25, 0.3) is 0 Å². The number of aliphatic hydroxyl groups is 2. The number of β-amino-alcohol motifs (C(OH)–C–C–N with tert-alkyl or cyclic N) is 1. The minimum absolute atomic E-state index is 0.131. The number of aliphatic hydroxyl groups excluding tert-OH is 1. The number of nitrogens with zero attached hydrogens (tertiary/aromatic N) is 2. The molecule has 2 N–H and O–H groups in total. The fraction of sp³-hybridized carbons (Fsp3) is 0.318. The molecule has 2 aromatic rings. The molecule has 1 heterocycles. The second-order valence-corrected chi connectivity index (χ2v) is 8.82. The molecule has 0 saturated carbocycles. The average Bonchev–Trinajstić information content (AvgIpc) is 2.80. The van der Waals surface area contributed by atoms with Gasteiger partial charge in [-0.2, -0.15) is 12.8 Å². The van der Waals surface area contributed by atoms with Crippen LogP contribution in [0.15, 0.2) is 63.5 Å². The van der Waals surface area contributed by atoms with Gasteiger partial charge in [0.1, 0.15) is 16.4 Å². The highest BCUT2D eigenvalue weighted by atomic mass is 32.2. The summed E-state index contributed by atoms with van der Waals surface area (Å²) >= 11 is 0. The van der Waals surface area contributed by atoms with Crippen molar-refractivity contribution >= 4 is 15.7 Å². The van der Waals surface area contributed by atoms with E-state index in [-0.39, 0.29) is 36.1 Å². The number of morpholine rings is 1. The summed E-state index contributed by atoms with van der Waals surface area (Å²) in [5, 5.41) is 20.8. The maximum atomic E-state index is 13.3. The summed E-state index contributed by atoms with van der Waals surface area (Å²) in [6.07, 6.45) is 1.49. The lowest BCUT2D eigenvalue weighted by Gasteiger charge is -2.45. The maximum Gasteiger partial charge on any atom is 0.286 e. The van der Waals surface area contributed by atoms with E-state index < -0.39 is 15.8 Å². The summed E-state index contributed by atoms with van der Waals surface area (Å²) in [6.45, 7) is 0.790. The molecule has 0 spiro atoms. The Labute approximate surface area is 186 Å². The molecular formula is C22H24N2O7S. The first-order chi connectivity index (χ1) is 15.3. The van der Waals surface area contributed by atoms with E-state index in [1.807, 2.05) is 0 Å². The van der Waals surface area contributed by atoms with E-state index in [9.17, 15) is 18.6 Å². The molecule has 0 amide bonds. The van der Waals surface area contributed by atoms with Gasteiger partial charge >= 0.3 is 0 Å². The minimum Gasteiger partial charge on any atom is -0.497 e. The fourth-order valence-corrected chi connectivity index (χ4v) is 5.10. The van der Waals surface area contributed by atoms with Crippen molar-refractivity contribution in [1.82, 2.24) is 4.90 Å². The molecule has 1 fully saturated rings. The van der Waals surface area contributed by atoms with E-state index in [1.165, 1.54) is 32.4 Å². The summed E-state index contributed by atoms with van der Waals surface area (Å²) in [6, 6.07) is 11.2. The van der Waals surface area contributed by atoms with Crippen molar-refractivity contribution < 1.29 is 32.8 Å². The van der Waals surface area contributed by atoms with Gasteiger partial charge in [0, 0.05) is 30.3 Å². The van der Waals surface area contributed by atoms with Crippen LogP contribution in [0, 0.1) is 0 Å². The molecule has 0 aromatic heterocycles. The number of benzene rings is 2. The molecule has 9 nitrogen and oxygen atoms in total. The molecule has 10 heteroatoms. The monoisotopic (exact) mass is 460 g/mol. The number of allylic oxidation sites excluding steroid dienone is 1. The van der Waals surface area contributed by atoms with Crippen molar-refractivity contribution in [2.45, 2.75) is 10.7 Å². The number of ether oxygens (including phenoxy) is 3. The van der Waals surface area contributed by atoms with E-state index in [0.717, 1.165) is 0 Å². The molecule has 2 aliphatic rings. The second kappa shape index (κ2) is 8.55. The Morgan fingerprint density at radius 1 is 1.19 bits per heavy atom. The molecule has 4 rings (SSSR count). The van der Waals surface area contributed by atoms with E-state index >= 15 is 0 Å². The molecule has 170 valence electrons. The number of methoxy groups -OCH3 is 2. The zero-order chi connectivity index (χ0) is 22.9. The zero-order valence-corrected chi connectivity index (χ0v) is 18.5. The van der Waals surface area contributed by atoms with E-state index in [4.69, 9.17) is 14.2 Å². The Balaban J connectivity index is 1.91. The molecule has 2 aromatic carbocycles. The van der Waals surface area contributed by atoms with Crippen molar-refractivity contribution in [2.75, 3.05) is 40.5 Å². The molecule has 1 unspecified atom stereocenters. The molecular weight excluding hydrogens is 436 g/mol. The van der Waals surface area contributed by atoms with Crippen LogP contribution < -0.4 is 9.47 Å². The quantitative estimate of drug-likeness (QED) is 0.661. The highest BCUT2D eigenvalue weighted by molar-refractivity contribution is 7.90. The van der Waals surface area contributed by atoms with Gasteiger partial charge in [-0.25, -0.2) is 0 Å². The predicted molar refractivity (Wildman–Crippen MR) is 116 cm³/mol. The van der Waals surface area contributed by atoms with Crippen LogP contribution in [-0.2, 0) is 20.5 Å². The first kappa shape index (κ1) is 22.3. The van der Waals surface area contributed by atoms with Gasteiger partial charge in [-0.15, -0.1) is 0 Å². The summed E-state index contributed by atoms with van der Waals surface area (Å²) in [7, 11) is -1.41. The lowest BCUT2D eigenvalue weighted by Crippen LogP contribution is -2.50. The van der Waals surface area contributed by atoms with Crippen molar-refractivity contribution in [3.8, 4) is 11.5 Å². The Bertz CT molecular complexity index is 1190. The Kier molecular flexibility index (Phi) is 5.95. The van der Waals surface area contributed by atoms with E-state index in [0.29, 0.717) is 29.1 Å². The van der Waals surface area contributed by atoms with Crippen LogP contribution in [-0.4, -0.2) is 69.8 Å². The van der Waals surface area contributed by atoms with Gasteiger partial charge in [0.25, 0.3) is 10.0 Å². The van der Waals surface area contributed by atoms with Gasteiger partial charge in [-0.1, -0.05) is 24.3 Å². The number of hydrogen-bond acceptors (Lipinski definition) is 8. The molecule has 1 aliphatic carbocycles. The molecule has 1 saturated heterocycles. The Hall–Kier alpha value is -2.92. The predicted octanol–water partition coefficient (Wildman–Crippen LogP) is 1.25. The van der Waals surface area contributed by atoms with Gasteiger partial charge in [-0.3, -0.25) is 0 Å². The van der Waals surface area contributed by atoms with Crippen LogP contribution in [0.1, 0.15) is 11.1 Å². The highest BCUT2D eigenvalue weighted by Crippen LogP contribution is 2.42. The Morgan fingerprint density at radius 2 is 1.97 bits per heavy atom. The third-order valence-corrected chi connectivity index (χ3v) is 6.75. The fourth-order valence-electron chi connectivity index (χ4n) is 3.92. The van der Waals surface area contributed by atoms with Crippen LogP contribution in [0.3, 0.4) is 0 Å². The smallest absolute Gasteiger partial charge is 0.286 e. The number of fused-ring (bicyclic) bond motifs is 3. The number of rotatable bonds is 6. The molecule has 0 bridgehead atoms. The summed E-state index contributed by atoms with van der Waals surface area (Å²) in [4.78, 5) is 1.61. The van der Waals surface area contributed by atoms with Gasteiger partial charge in [0.05, 0.1) is 38.8 Å². The third-order valence-electron chi connectivity index (χ3n) is 5.44. The SMILES string of the molecule is COc1ccc(OC)c(S(=O)(=O)/N=C2\C=C3N(CCO)CCOC3(O)c3ccccc32)c1. The van der Waals surface area contributed by atoms with Gasteiger partial charge in [0.15, 0.2) is 0 Å². The summed E-state index contributed by atoms with van der Waals surface area (Å²) < 4.78 is 46.8. The lowest BCUT2D eigenvalue weighted by molar-refractivity contribution is -0.219. The number of sulfonamides is 1.